The average Bonchev–Trinajstić information content (AvgIpc) is 2.30. The van der Waals surface area contributed by atoms with E-state index in [-0.39, 0.29) is 5.54 Å². The molecule has 3 N–H and O–H groups in total. The average molecular weight is 219 g/mol. The first kappa shape index (κ1) is 11.4. The summed E-state index contributed by atoms with van der Waals surface area (Å²) in [6.07, 6.45) is 8.59. The van der Waals surface area contributed by atoms with Crippen LogP contribution in [0.15, 0.2) is 24.5 Å². The van der Waals surface area contributed by atoms with Crippen molar-refractivity contribution in [3.8, 4) is 0 Å². The van der Waals surface area contributed by atoms with Crippen molar-refractivity contribution in [3.05, 3.63) is 24.5 Å². The second kappa shape index (κ2) is 4.83. The smallest absolute Gasteiger partial charge is 0.0498 e. The first-order chi connectivity index (χ1) is 7.74. The summed E-state index contributed by atoms with van der Waals surface area (Å²) in [5.74, 6) is 0.770. The zero-order valence-corrected chi connectivity index (χ0v) is 9.95. The van der Waals surface area contributed by atoms with Crippen LogP contribution in [0, 0.1) is 5.92 Å². The lowest BCUT2D eigenvalue weighted by atomic mass is 9.76. The molecule has 3 heteroatoms. The van der Waals surface area contributed by atoms with Gasteiger partial charge in [-0.25, -0.2) is 0 Å². The highest BCUT2D eigenvalue weighted by Crippen LogP contribution is 2.34. The van der Waals surface area contributed by atoms with Crippen molar-refractivity contribution in [2.75, 3.05) is 11.9 Å². The molecular weight excluding hydrogens is 198 g/mol. The Morgan fingerprint density at radius 2 is 2.25 bits per heavy atom. The van der Waals surface area contributed by atoms with Gasteiger partial charge in [-0.3, -0.25) is 4.98 Å². The number of rotatable bonds is 3. The molecule has 2 unspecified atom stereocenters. The van der Waals surface area contributed by atoms with Crippen LogP contribution < -0.4 is 11.1 Å². The van der Waals surface area contributed by atoms with Gasteiger partial charge < -0.3 is 11.1 Å². The molecule has 0 aromatic carbocycles. The van der Waals surface area contributed by atoms with Crippen molar-refractivity contribution in [2.24, 2.45) is 11.7 Å². The predicted molar refractivity (Wildman–Crippen MR) is 67.3 cm³/mol. The van der Waals surface area contributed by atoms with Gasteiger partial charge in [-0.05, 0) is 30.9 Å². The molecule has 1 saturated carbocycles. The van der Waals surface area contributed by atoms with Crippen molar-refractivity contribution in [3.63, 3.8) is 0 Å². The van der Waals surface area contributed by atoms with Crippen LogP contribution in [0.4, 0.5) is 5.69 Å². The van der Waals surface area contributed by atoms with E-state index in [2.05, 4.69) is 17.2 Å². The number of hydrogen-bond acceptors (Lipinski definition) is 3. The molecule has 1 heterocycles. The van der Waals surface area contributed by atoms with E-state index in [0.29, 0.717) is 6.54 Å². The highest BCUT2D eigenvalue weighted by atomic mass is 15.0. The standard InChI is InChI=1S/C13H21N3/c1-11-3-2-6-13(9-11,10-14)16-12-4-7-15-8-5-12/h4-5,7-8,11H,2-3,6,9-10,14H2,1H3,(H,15,16). The van der Waals surface area contributed by atoms with Crippen molar-refractivity contribution < 1.29 is 0 Å². The van der Waals surface area contributed by atoms with Gasteiger partial charge >= 0.3 is 0 Å². The third-order valence-electron chi connectivity index (χ3n) is 3.57. The first-order valence-electron chi connectivity index (χ1n) is 6.12. The van der Waals surface area contributed by atoms with Crippen LogP contribution in [0.5, 0.6) is 0 Å². The Hall–Kier alpha value is -1.09. The van der Waals surface area contributed by atoms with Gasteiger partial charge in [0.25, 0.3) is 0 Å². The number of pyridine rings is 1. The van der Waals surface area contributed by atoms with Crippen LogP contribution in [0.3, 0.4) is 0 Å². The number of nitrogens with one attached hydrogen (secondary N) is 1. The molecule has 0 bridgehead atoms. The number of nitrogens with two attached hydrogens (primary N) is 1. The molecule has 3 nitrogen and oxygen atoms in total. The molecule has 0 aliphatic heterocycles. The predicted octanol–water partition coefficient (Wildman–Crippen LogP) is 2.40. The molecule has 0 amide bonds. The van der Waals surface area contributed by atoms with E-state index >= 15 is 0 Å². The SMILES string of the molecule is CC1CCCC(CN)(Nc2ccncc2)C1. The summed E-state index contributed by atoms with van der Waals surface area (Å²) in [6.45, 7) is 3.03. The van der Waals surface area contributed by atoms with E-state index in [9.17, 15) is 0 Å². The summed E-state index contributed by atoms with van der Waals surface area (Å²) in [4.78, 5) is 4.03. The fourth-order valence-electron chi connectivity index (χ4n) is 2.75. The summed E-state index contributed by atoms with van der Waals surface area (Å²) < 4.78 is 0. The number of aromatic nitrogens is 1. The lowest BCUT2D eigenvalue weighted by Crippen LogP contribution is -2.48. The minimum Gasteiger partial charge on any atom is -0.378 e. The van der Waals surface area contributed by atoms with Crippen LogP contribution in [-0.4, -0.2) is 17.1 Å². The van der Waals surface area contributed by atoms with E-state index in [4.69, 9.17) is 5.73 Å². The molecule has 2 atom stereocenters. The Balaban J connectivity index is 2.10. The molecular formula is C13H21N3. The highest BCUT2D eigenvalue weighted by Gasteiger charge is 2.33. The van der Waals surface area contributed by atoms with Crippen LogP contribution in [0.25, 0.3) is 0 Å². The largest absolute Gasteiger partial charge is 0.378 e. The van der Waals surface area contributed by atoms with E-state index in [1.807, 2.05) is 24.5 Å². The maximum Gasteiger partial charge on any atom is 0.0498 e. The molecule has 16 heavy (non-hydrogen) atoms. The van der Waals surface area contributed by atoms with Crippen molar-refractivity contribution in [1.82, 2.24) is 4.98 Å². The fourth-order valence-corrected chi connectivity index (χ4v) is 2.75. The Labute approximate surface area is 97.5 Å². The highest BCUT2D eigenvalue weighted by molar-refractivity contribution is 5.44. The van der Waals surface area contributed by atoms with Gasteiger partial charge in [-0.1, -0.05) is 19.8 Å². The van der Waals surface area contributed by atoms with Crippen molar-refractivity contribution >= 4 is 5.69 Å². The Morgan fingerprint density at radius 1 is 1.50 bits per heavy atom. The van der Waals surface area contributed by atoms with E-state index in [0.717, 1.165) is 11.6 Å². The number of nitrogens with zero attached hydrogens (tertiary/aromatic N) is 1. The van der Waals surface area contributed by atoms with Crippen molar-refractivity contribution in [2.45, 2.75) is 38.1 Å². The third-order valence-corrected chi connectivity index (χ3v) is 3.57. The van der Waals surface area contributed by atoms with Crippen LogP contribution in [0.1, 0.15) is 32.6 Å². The first-order valence-corrected chi connectivity index (χ1v) is 6.12. The summed E-state index contributed by atoms with van der Waals surface area (Å²) in [6, 6.07) is 4.02. The molecule has 0 spiro atoms. The molecule has 0 saturated heterocycles. The lowest BCUT2D eigenvalue weighted by molar-refractivity contribution is 0.264. The molecule has 2 rings (SSSR count). The van der Waals surface area contributed by atoms with Crippen molar-refractivity contribution in [1.29, 1.82) is 0 Å². The third kappa shape index (κ3) is 2.53. The molecule has 0 radical (unpaired) electrons. The molecule has 1 aliphatic rings. The van der Waals surface area contributed by atoms with E-state index < -0.39 is 0 Å². The quantitative estimate of drug-likeness (QED) is 0.820. The summed E-state index contributed by atoms with van der Waals surface area (Å²) in [5, 5.41) is 3.61. The lowest BCUT2D eigenvalue weighted by Gasteiger charge is -2.40. The van der Waals surface area contributed by atoms with Crippen LogP contribution in [-0.2, 0) is 0 Å². The van der Waals surface area contributed by atoms with E-state index in [1.165, 1.54) is 25.7 Å². The zero-order chi connectivity index (χ0) is 11.4. The number of anilines is 1. The maximum absolute atomic E-state index is 5.97. The van der Waals surface area contributed by atoms with E-state index in [1.54, 1.807) is 0 Å². The number of hydrogen-bond donors (Lipinski definition) is 2. The molecule has 1 aromatic heterocycles. The van der Waals surface area contributed by atoms with Gasteiger partial charge in [0.15, 0.2) is 0 Å². The maximum atomic E-state index is 5.97. The minimum atomic E-state index is 0.0962. The van der Waals surface area contributed by atoms with Crippen LogP contribution >= 0.6 is 0 Å². The van der Waals surface area contributed by atoms with Gasteiger partial charge in [-0.15, -0.1) is 0 Å². The monoisotopic (exact) mass is 219 g/mol. The molecule has 88 valence electrons. The Kier molecular flexibility index (Phi) is 3.44. The fraction of sp³-hybridized carbons (Fsp3) is 0.615. The Bertz CT molecular complexity index is 325. The summed E-state index contributed by atoms with van der Waals surface area (Å²) in [5.41, 5.74) is 7.20. The normalized spacial score (nSPS) is 30.0. The molecule has 1 aromatic rings. The van der Waals surface area contributed by atoms with Gasteiger partial charge in [0, 0.05) is 30.2 Å². The molecule has 1 fully saturated rings. The van der Waals surface area contributed by atoms with Gasteiger partial charge in [0.2, 0.25) is 0 Å². The summed E-state index contributed by atoms with van der Waals surface area (Å²) in [7, 11) is 0. The van der Waals surface area contributed by atoms with Gasteiger partial charge in [0.1, 0.15) is 0 Å². The van der Waals surface area contributed by atoms with Gasteiger partial charge in [0.05, 0.1) is 0 Å². The van der Waals surface area contributed by atoms with Crippen LogP contribution in [0.2, 0.25) is 0 Å². The Morgan fingerprint density at radius 3 is 2.88 bits per heavy atom. The second-order valence-corrected chi connectivity index (χ2v) is 5.05. The topological polar surface area (TPSA) is 50.9 Å². The van der Waals surface area contributed by atoms with Gasteiger partial charge in [-0.2, -0.15) is 0 Å². The zero-order valence-electron chi connectivity index (χ0n) is 9.95. The minimum absolute atomic E-state index is 0.0962. The second-order valence-electron chi connectivity index (χ2n) is 5.05. The summed E-state index contributed by atoms with van der Waals surface area (Å²) >= 11 is 0. The molecule has 1 aliphatic carbocycles.